The zero-order chi connectivity index (χ0) is 13.2. The number of rotatable bonds is 3. The van der Waals surface area contributed by atoms with Gasteiger partial charge in [0.25, 0.3) is 5.78 Å². The fraction of sp³-hybridized carbons (Fsp3) is 0.0909. The van der Waals surface area contributed by atoms with Crippen molar-refractivity contribution in [3.05, 3.63) is 40.2 Å². The van der Waals surface area contributed by atoms with Gasteiger partial charge in [-0.25, -0.2) is 9.18 Å². The number of carbonyl (C=O) groups is 2. The average molecular weight is 259 g/mol. The highest BCUT2D eigenvalue weighted by atomic mass is 35.5. The lowest BCUT2D eigenvalue weighted by molar-refractivity contribution is -0.146. The lowest BCUT2D eigenvalue weighted by Gasteiger charge is -2.06. The molecule has 4 nitrogen and oxygen atoms in total. The van der Waals surface area contributed by atoms with E-state index in [0.717, 1.165) is 0 Å². The van der Waals surface area contributed by atoms with E-state index in [1.165, 1.54) is 19.1 Å². The fourth-order valence-electron chi connectivity index (χ4n) is 1.15. The zero-order valence-electron chi connectivity index (χ0n) is 8.70. The molecule has 2 N–H and O–H groups in total. The minimum atomic E-state index is -1.75. The molecule has 0 saturated carbocycles. The summed E-state index contributed by atoms with van der Waals surface area (Å²) in [4.78, 5) is 21.1. The van der Waals surface area contributed by atoms with Gasteiger partial charge in [0, 0.05) is 6.08 Å². The van der Waals surface area contributed by atoms with Crippen molar-refractivity contribution in [3.8, 4) is 0 Å². The number of aliphatic carboxylic acids is 1. The highest BCUT2D eigenvalue weighted by Gasteiger charge is 2.17. The number of ketones is 1. The molecular formula is C11H8ClFO4. The van der Waals surface area contributed by atoms with Crippen LogP contribution in [0.3, 0.4) is 0 Å². The number of hydrogen-bond acceptors (Lipinski definition) is 3. The highest BCUT2D eigenvalue weighted by molar-refractivity contribution is 6.39. The van der Waals surface area contributed by atoms with Crippen LogP contribution in [0.4, 0.5) is 4.39 Å². The molecule has 90 valence electrons. The van der Waals surface area contributed by atoms with Gasteiger partial charge < -0.3 is 10.2 Å². The number of halogens is 2. The molecule has 0 aromatic heterocycles. The first-order valence-corrected chi connectivity index (χ1v) is 4.85. The summed E-state index contributed by atoms with van der Waals surface area (Å²) in [6.07, 6.45) is 0.409. The van der Waals surface area contributed by atoms with Gasteiger partial charge in [0.2, 0.25) is 0 Å². The number of carboxylic acids is 1. The van der Waals surface area contributed by atoms with Crippen LogP contribution in [-0.2, 0) is 9.59 Å². The van der Waals surface area contributed by atoms with Crippen molar-refractivity contribution in [3.63, 3.8) is 0 Å². The topological polar surface area (TPSA) is 74.6 Å². The SMILES string of the molecule is Cc1ccc(Cl)c(C(O)=CC(=O)C(=O)O)c1F. The van der Waals surface area contributed by atoms with Crippen molar-refractivity contribution >= 4 is 29.1 Å². The van der Waals surface area contributed by atoms with Gasteiger partial charge in [-0.15, -0.1) is 0 Å². The average Bonchev–Trinajstić information content (AvgIpc) is 2.24. The Morgan fingerprint density at radius 2 is 1.94 bits per heavy atom. The van der Waals surface area contributed by atoms with Crippen molar-refractivity contribution in [1.29, 1.82) is 0 Å². The normalized spacial score (nSPS) is 11.4. The molecule has 0 saturated heterocycles. The molecule has 0 radical (unpaired) electrons. The molecular weight excluding hydrogens is 251 g/mol. The summed E-state index contributed by atoms with van der Waals surface area (Å²) < 4.78 is 13.6. The van der Waals surface area contributed by atoms with Crippen molar-refractivity contribution in [2.45, 2.75) is 6.92 Å². The predicted octanol–water partition coefficient (Wildman–Crippen LogP) is 2.34. The van der Waals surface area contributed by atoms with Crippen molar-refractivity contribution in [2.75, 3.05) is 0 Å². The number of aliphatic hydroxyl groups is 1. The van der Waals surface area contributed by atoms with Crippen molar-refractivity contribution < 1.29 is 24.2 Å². The third-order valence-corrected chi connectivity index (χ3v) is 2.33. The molecule has 0 spiro atoms. The first kappa shape index (κ1) is 13.2. The molecule has 0 bridgehead atoms. The monoisotopic (exact) mass is 258 g/mol. The minimum absolute atomic E-state index is 0.111. The molecule has 0 aliphatic heterocycles. The summed E-state index contributed by atoms with van der Waals surface area (Å²) in [6.45, 7) is 1.45. The molecule has 0 aliphatic rings. The molecule has 0 atom stereocenters. The van der Waals surface area contributed by atoms with Crippen LogP contribution in [0.5, 0.6) is 0 Å². The molecule has 0 amide bonds. The molecule has 0 aliphatic carbocycles. The van der Waals surface area contributed by atoms with Crippen LogP contribution < -0.4 is 0 Å². The van der Waals surface area contributed by atoms with Gasteiger partial charge in [0.1, 0.15) is 11.6 Å². The van der Waals surface area contributed by atoms with Gasteiger partial charge in [0.15, 0.2) is 0 Å². The summed E-state index contributed by atoms with van der Waals surface area (Å²) in [7, 11) is 0. The molecule has 0 heterocycles. The molecule has 6 heteroatoms. The van der Waals surface area contributed by atoms with E-state index in [0.29, 0.717) is 6.08 Å². The summed E-state index contributed by atoms with van der Waals surface area (Å²) >= 11 is 5.66. The number of hydrogen-bond donors (Lipinski definition) is 2. The molecule has 1 aromatic rings. The van der Waals surface area contributed by atoms with Crippen LogP contribution >= 0.6 is 11.6 Å². The van der Waals surface area contributed by atoms with Crippen molar-refractivity contribution in [1.82, 2.24) is 0 Å². The maximum absolute atomic E-state index is 13.6. The summed E-state index contributed by atoms with van der Waals surface area (Å²) in [5.74, 6) is -4.73. The standard InChI is InChI=1S/C11H8ClFO4/c1-5-2-3-6(12)9(10(5)13)7(14)4-8(15)11(16)17/h2-4,14H,1H3,(H,16,17). The van der Waals surface area contributed by atoms with E-state index in [2.05, 4.69) is 0 Å². The summed E-state index contributed by atoms with van der Waals surface area (Å²) in [5, 5.41) is 17.7. The smallest absolute Gasteiger partial charge is 0.376 e. The molecule has 1 aromatic carbocycles. The second kappa shape index (κ2) is 4.97. The molecule has 1 rings (SSSR count). The quantitative estimate of drug-likeness (QED) is 0.496. The van der Waals surface area contributed by atoms with E-state index < -0.39 is 23.3 Å². The van der Waals surface area contributed by atoms with Gasteiger partial charge in [0.05, 0.1) is 10.6 Å². The number of carbonyl (C=O) groups excluding carboxylic acids is 1. The third-order valence-electron chi connectivity index (χ3n) is 2.02. The van der Waals surface area contributed by atoms with Gasteiger partial charge >= 0.3 is 5.97 Å². The Kier molecular flexibility index (Phi) is 3.85. The second-order valence-corrected chi connectivity index (χ2v) is 3.66. The number of aryl methyl sites for hydroxylation is 1. The largest absolute Gasteiger partial charge is 0.507 e. The number of benzene rings is 1. The zero-order valence-corrected chi connectivity index (χ0v) is 9.45. The van der Waals surface area contributed by atoms with Crippen LogP contribution in [0.2, 0.25) is 5.02 Å². The minimum Gasteiger partial charge on any atom is -0.507 e. The maximum Gasteiger partial charge on any atom is 0.376 e. The van der Waals surface area contributed by atoms with Crippen LogP contribution in [-0.4, -0.2) is 22.0 Å². The van der Waals surface area contributed by atoms with Gasteiger partial charge in [-0.05, 0) is 18.6 Å². The van der Waals surface area contributed by atoms with Crippen LogP contribution in [0.15, 0.2) is 18.2 Å². The molecule has 0 fully saturated rings. The fourth-order valence-corrected chi connectivity index (χ4v) is 1.39. The lowest BCUT2D eigenvalue weighted by Crippen LogP contribution is -2.10. The van der Waals surface area contributed by atoms with Gasteiger partial charge in [-0.3, -0.25) is 4.79 Å². The summed E-state index contributed by atoms with van der Waals surface area (Å²) in [5.41, 5.74) is -0.173. The maximum atomic E-state index is 13.6. The highest BCUT2D eigenvalue weighted by Crippen LogP contribution is 2.27. The first-order chi connectivity index (χ1) is 7.84. The second-order valence-electron chi connectivity index (χ2n) is 3.25. The van der Waals surface area contributed by atoms with E-state index >= 15 is 0 Å². The Morgan fingerprint density at radius 3 is 2.47 bits per heavy atom. The van der Waals surface area contributed by atoms with Gasteiger partial charge in [-0.1, -0.05) is 17.7 Å². The Labute approximate surface area is 101 Å². The first-order valence-electron chi connectivity index (χ1n) is 4.47. The Hall–Kier alpha value is -1.88. The van der Waals surface area contributed by atoms with E-state index in [1.807, 2.05) is 0 Å². The van der Waals surface area contributed by atoms with Crippen LogP contribution in [0.25, 0.3) is 5.76 Å². The molecule has 0 unspecified atom stereocenters. The van der Waals surface area contributed by atoms with Gasteiger partial charge in [-0.2, -0.15) is 0 Å². The lowest BCUT2D eigenvalue weighted by atomic mass is 10.1. The van der Waals surface area contributed by atoms with E-state index in [-0.39, 0.29) is 16.1 Å². The van der Waals surface area contributed by atoms with Crippen molar-refractivity contribution in [2.24, 2.45) is 0 Å². The predicted molar refractivity (Wildman–Crippen MR) is 59.4 cm³/mol. The van der Waals surface area contributed by atoms with E-state index in [1.54, 1.807) is 0 Å². The van der Waals surface area contributed by atoms with Crippen LogP contribution in [0, 0.1) is 12.7 Å². The Bertz CT molecular complexity index is 522. The number of aliphatic hydroxyl groups excluding tert-OH is 1. The van der Waals surface area contributed by atoms with E-state index in [9.17, 15) is 19.1 Å². The third kappa shape index (κ3) is 2.82. The summed E-state index contributed by atoms with van der Waals surface area (Å²) in [6, 6.07) is 2.73. The van der Waals surface area contributed by atoms with E-state index in [4.69, 9.17) is 16.7 Å². The molecule has 17 heavy (non-hydrogen) atoms. The van der Waals surface area contributed by atoms with Crippen LogP contribution in [0.1, 0.15) is 11.1 Å². The number of carboxylic acid groups (broad SMARTS) is 1. The Balaban J connectivity index is 3.30. The Morgan fingerprint density at radius 1 is 1.35 bits per heavy atom.